The topological polar surface area (TPSA) is 46.5 Å². The van der Waals surface area contributed by atoms with Crippen molar-refractivity contribution in [2.75, 3.05) is 51.4 Å². The van der Waals surface area contributed by atoms with Crippen LogP contribution in [-0.2, 0) is 9.53 Å². The third-order valence-electron chi connectivity index (χ3n) is 3.47. The minimum absolute atomic E-state index is 0.279. The molecule has 0 aromatic rings. The Hall–Kier alpha value is -0.260. The van der Waals surface area contributed by atoms with Crippen LogP contribution in [0.15, 0.2) is 0 Å². The third kappa shape index (κ3) is 12.8. The number of carbonyl (C=O) groups is 1. The number of quaternary nitrogens is 1. The van der Waals surface area contributed by atoms with Crippen LogP contribution in [0.1, 0.15) is 40.5 Å². The maximum Gasteiger partial charge on any atom is 0.304 e. The van der Waals surface area contributed by atoms with Gasteiger partial charge in [0.25, 0.3) is 0 Å². The molecule has 0 atom stereocenters. The summed E-state index contributed by atoms with van der Waals surface area (Å²) in [5.74, 6) is 0.00403. The molecule has 0 aliphatic heterocycles. The summed E-state index contributed by atoms with van der Waals surface area (Å²) in [7, 11) is 0. The number of thioether (sulfide) groups is 1. The van der Waals surface area contributed by atoms with E-state index in [0.717, 1.165) is 19.0 Å². The second-order valence-corrected chi connectivity index (χ2v) is 5.74. The maximum atomic E-state index is 9.74. The number of carboxylic acids is 1. The first-order chi connectivity index (χ1) is 9.51. The van der Waals surface area contributed by atoms with Gasteiger partial charge < -0.3 is 14.3 Å². The summed E-state index contributed by atoms with van der Waals surface area (Å²) in [5, 5.41) is 8.03. The summed E-state index contributed by atoms with van der Waals surface area (Å²) in [4.78, 5) is 9.74. The number of nitrogens with zero attached hydrogens (tertiary/aromatic N) is 1. The Morgan fingerprint density at radius 3 is 2.05 bits per heavy atom. The molecule has 0 bridgehead atoms. The number of ether oxygens (including phenoxy) is 1. The van der Waals surface area contributed by atoms with E-state index >= 15 is 0 Å². The standard InChI is InChI=1S/C11H26NO.C4H8O2S/c1-5-9-12(6-2,7-3)10-11-13-8-4;1-7-3-2-4(5)6/h5-11H2,1-4H3;2-3H2,1H3,(H,5,6)/q+1;. The molecule has 4 nitrogen and oxygen atoms in total. The van der Waals surface area contributed by atoms with E-state index in [2.05, 4.69) is 27.7 Å². The highest BCUT2D eigenvalue weighted by Gasteiger charge is 2.20. The fraction of sp³-hybridized carbons (Fsp3) is 0.933. The van der Waals surface area contributed by atoms with Crippen LogP contribution in [-0.4, -0.2) is 67.0 Å². The molecule has 0 radical (unpaired) electrons. The van der Waals surface area contributed by atoms with Crippen LogP contribution in [0.5, 0.6) is 0 Å². The van der Waals surface area contributed by atoms with Crippen molar-refractivity contribution >= 4 is 17.7 Å². The first kappa shape index (κ1) is 22.0. The van der Waals surface area contributed by atoms with Crippen molar-refractivity contribution in [3.63, 3.8) is 0 Å². The van der Waals surface area contributed by atoms with E-state index in [1.165, 1.54) is 37.1 Å². The zero-order chi connectivity index (χ0) is 15.9. The number of aliphatic carboxylic acids is 1. The van der Waals surface area contributed by atoms with Gasteiger partial charge in [-0.1, -0.05) is 6.92 Å². The lowest BCUT2D eigenvalue weighted by Gasteiger charge is -2.36. The Kier molecular flexibility index (Phi) is 16.7. The molecule has 0 unspecified atom stereocenters. The highest BCUT2D eigenvalue weighted by molar-refractivity contribution is 7.98. The lowest BCUT2D eigenvalue weighted by atomic mass is 10.3. The van der Waals surface area contributed by atoms with Crippen molar-refractivity contribution in [1.29, 1.82) is 0 Å². The first-order valence-corrected chi connectivity index (χ1v) is 9.04. The largest absolute Gasteiger partial charge is 0.481 e. The number of hydrogen-bond donors (Lipinski definition) is 1. The maximum absolute atomic E-state index is 9.74. The third-order valence-corrected chi connectivity index (χ3v) is 4.09. The van der Waals surface area contributed by atoms with Crippen LogP contribution in [0.2, 0.25) is 0 Å². The van der Waals surface area contributed by atoms with Gasteiger partial charge in [0, 0.05) is 12.4 Å². The van der Waals surface area contributed by atoms with Gasteiger partial charge in [-0.2, -0.15) is 11.8 Å². The highest BCUT2D eigenvalue weighted by atomic mass is 32.2. The van der Waals surface area contributed by atoms with Gasteiger partial charge >= 0.3 is 5.97 Å². The van der Waals surface area contributed by atoms with E-state index in [9.17, 15) is 4.79 Å². The number of carboxylic acid groups (broad SMARTS) is 1. The molecule has 0 saturated carbocycles. The van der Waals surface area contributed by atoms with Crippen molar-refractivity contribution in [3.05, 3.63) is 0 Å². The number of rotatable bonds is 11. The van der Waals surface area contributed by atoms with Crippen molar-refractivity contribution in [2.24, 2.45) is 0 Å². The predicted octanol–water partition coefficient (Wildman–Crippen LogP) is 3.11. The van der Waals surface area contributed by atoms with Gasteiger partial charge in [0.05, 0.1) is 32.7 Å². The monoisotopic (exact) mass is 308 g/mol. The lowest BCUT2D eigenvalue weighted by molar-refractivity contribution is -0.925. The zero-order valence-corrected chi connectivity index (χ0v) is 14.8. The van der Waals surface area contributed by atoms with Gasteiger partial charge in [-0.25, -0.2) is 0 Å². The molecule has 0 spiro atoms. The van der Waals surface area contributed by atoms with E-state index < -0.39 is 5.97 Å². The second kappa shape index (κ2) is 15.1. The molecular weight excluding hydrogens is 274 g/mol. The van der Waals surface area contributed by atoms with E-state index in [-0.39, 0.29) is 6.42 Å². The van der Waals surface area contributed by atoms with Gasteiger partial charge in [-0.3, -0.25) is 4.79 Å². The molecule has 0 aliphatic carbocycles. The molecule has 0 rings (SSSR count). The van der Waals surface area contributed by atoms with Gasteiger partial charge in [-0.15, -0.1) is 0 Å². The van der Waals surface area contributed by atoms with E-state index in [4.69, 9.17) is 9.84 Å². The van der Waals surface area contributed by atoms with Crippen LogP contribution < -0.4 is 0 Å². The van der Waals surface area contributed by atoms with Crippen LogP contribution in [0.4, 0.5) is 0 Å². The minimum atomic E-state index is -0.714. The molecule has 5 heteroatoms. The molecule has 1 N–H and O–H groups in total. The Labute approximate surface area is 129 Å². The average molecular weight is 309 g/mol. The summed E-state index contributed by atoms with van der Waals surface area (Å²) < 4.78 is 6.64. The van der Waals surface area contributed by atoms with Crippen molar-refractivity contribution in [1.82, 2.24) is 0 Å². The molecule has 0 fully saturated rings. The Balaban J connectivity index is 0. The Bertz CT molecular complexity index is 221. The predicted molar refractivity (Wildman–Crippen MR) is 88.5 cm³/mol. The SMILES string of the molecule is CCC[N+](CC)(CC)CCOCC.CSCCC(=O)O. The van der Waals surface area contributed by atoms with Gasteiger partial charge in [0.15, 0.2) is 0 Å². The van der Waals surface area contributed by atoms with Crippen LogP contribution in [0.3, 0.4) is 0 Å². The normalized spacial score (nSPS) is 10.8. The molecule has 0 amide bonds. The Morgan fingerprint density at radius 1 is 1.15 bits per heavy atom. The van der Waals surface area contributed by atoms with Gasteiger partial charge in [-0.05, 0) is 33.4 Å². The molecule has 0 aromatic carbocycles. The molecule has 0 aliphatic rings. The summed E-state index contributed by atoms with van der Waals surface area (Å²) in [6.45, 7) is 15.6. The average Bonchev–Trinajstić information content (AvgIpc) is 2.45. The molecule has 122 valence electrons. The molecule has 0 aromatic heterocycles. The van der Waals surface area contributed by atoms with Crippen molar-refractivity contribution in [3.8, 4) is 0 Å². The van der Waals surface area contributed by atoms with Crippen molar-refractivity contribution < 1.29 is 19.1 Å². The molecular formula is C15H34NO3S+. The second-order valence-electron chi connectivity index (χ2n) is 4.75. The molecule has 0 saturated heterocycles. The van der Waals surface area contributed by atoms with Gasteiger partial charge in [0.1, 0.15) is 6.54 Å². The summed E-state index contributed by atoms with van der Waals surface area (Å²) in [5.41, 5.74) is 0. The van der Waals surface area contributed by atoms with Crippen molar-refractivity contribution in [2.45, 2.75) is 40.5 Å². The number of hydrogen-bond acceptors (Lipinski definition) is 3. The quantitative estimate of drug-likeness (QED) is 0.470. The van der Waals surface area contributed by atoms with Crippen LogP contribution in [0, 0.1) is 0 Å². The molecule has 20 heavy (non-hydrogen) atoms. The molecule has 0 heterocycles. The number of likely N-dealkylation sites (N-methyl/N-ethyl adjacent to an activating group) is 1. The Morgan fingerprint density at radius 2 is 1.75 bits per heavy atom. The van der Waals surface area contributed by atoms with Crippen LogP contribution >= 0.6 is 11.8 Å². The highest BCUT2D eigenvalue weighted by Crippen LogP contribution is 2.07. The van der Waals surface area contributed by atoms with E-state index in [1.54, 1.807) is 11.8 Å². The van der Waals surface area contributed by atoms with Crippen LogP contribution in [0.25, 0.3) is 0 Å². The summed E-state index contributed by atoms with van der Waals surface area (Å²) in [6, 6.07) is 0. The lowest BCUT2D eigenvalue weighted by Crippen LogP contribution is -2.50. The fourth-order valence-corrected chi connectivity index (χ4v) is 2.41. The summed E-state index contributed by atoms with van der Waals surface area (Å²) in [6.07, 6.45) is 3.44. The van der Waals surface area contributed by atoms with Gasteiger partial charge in [0.2, 0.25) is 0 Å². The first-order valence-electron chi connectivity index (χ1n) is 7.65. The summed E-state index contributed by atoms with van der Waals surface area (Å²) >= 11 is 1.55. The smallest absolute Gasteiger partial charge is 0.304 e. The van der Waals surface area contributed by atoms with E-state index in [1.807, 2.05) is 6.26 Å². The fourth-order valence-electron chi connectivity index (χ4n) is 2.03. The minimum Gasteiger partial charge on any atom is -0.481 e. The van der Waals surface area contributed by atoms with E-state index in [0.29, 0.717) is 0 Å². The zero-order valence-electron chi connectivity index (χ0n) is 14.0.